The summed E-state index contributed by atoms with van der Waals surface area (Å²) in [5, 5.41) is 18.0. The lowest BCUT2D eigenvalue weighted by Gasteiger charge is -2.10. The fourth-order valence-electron chi connectivity index (χ4n) is 3.48. The molecular formula is C20H22N6O3S. The summed E-state index contributed by atoms with van der Waals surface area (Å²) in [7, 11) is 0. The summed E-state index contributed by atoms with van der Waals surface area (Å²) in [4.78, 5) is 26.1. The lowest BCUT2D eigenvalue weighted by atomic mass is 10.1. The zero-order valence-corrected chi connectivity index (χ0v) is 17.6. The van der Waals surface area contributed by atoms with E-state index in [2.05, 4.69) is 26.2 Å². The highest BCUT2D eigenvalue weighted by Gasteiger charge is 2.28. The number of anilines is 2. The fraction of sp³-hybridized carbons (Fsp3) is 0.350. The Labute approximate surface area is 177 Å². The second-order valence-electron chi connectivity index (χ2n) is 6.87. The van der Waals surface area contributed by atoms with E-state index < -0.39 is 0 Å². The molecule has 4 rings (SSSR count). The first-order valence-corrected chi connectivity index (χ1v) is 10.6. The third-order valence-corrected chi connectivity index (χ3v) is 6.03. The quantitative estimate of drug-likeness (QED) is 0.559. The second-order valence-corrected chi connectivity index (χ2v) is 7.98. The number of thiophene rings is 1. The maximum Gasteiger partial charge on any atom is 0.341 e. The van der Waals surface area contributed by atoms with Crippen LogP contribution >= 0.6 is 11.3 Å². The summed E-state index contributed by atoms with van der Waals surface area (Å²) < 4.78 is 6.82. The number of fused-ring (bicyclic) bond motifs is 1. The normalized spacial score (nSPS) is 12.5. The highest BCUT2D eigenvalue weighted by Crippen LogP contribution is 2.39. The van der Waals surface area contributed by atoms with Crippen molar-refractivity contribution in [3.8, 4) is 5.69 Å². The van der Waals surface area contributed by atoms with Crippen molar-refractivity contribution in [1.82, 2.24) is 20.2 Å². The molecule has 2 N–H and O–H groups in total. The molecule has 0 spiro atoms. The number of carbonyl (C=O) groups is 2. The van der Waals surface area contributed by atoms with Gasteiger partial charge in [-0.25, -0.2) is 4.79 Å². The highest BCUT2D eigenvalue weighted by molar-refractivity contribution is 7.17. The number of tetrazole rings is 1. The van der Waals surface area contributed by atoms with Crippen LogP contribution in [0, 0.1) is 6.92 Å². The van der Waals surface area contributed by atoms with Crippen LogP contribution in [0.1, 0.15) is 40.0 Å². The molecule has 0 fully saturated rings. The lowest BCUT2D eigenvalue weighted by Crippen LogP contribution is -2.22. The van der Waals surface area contributed by atoms with Crippen LogP contribution in [-0.4, -0.2) is 45.2 Å². The molecular weight excluding hydrogens is 404 g/mol. The maximum absolute atomic E-state index is 12.6. The molecule has 2 heterocycles. The first-order valence-electron chi connectivity index (χ1n) is 9.77. The fourth-order valence-corrected chi connectivity index (χ4v) is 4.78. The number of ether oxygens (including phenoxy) is 1. The number of nitrogens with zero attached hydrogens (tertiary/aromatic N) is 4. The van der Waals surface area contributed by atoms with E-state index in [0.717, 1.165) is 41.1 Å². The van der Waals surface area contributed by atoms with Crippen molar-refractivity contribution >= 4 is 33.9 Å². The number of benzene rings is 1. The van der Waals surface area contributed by atoms with Crippen LogP contribution in [0.3, 0.4) is 0 Å². The zero-order chi connectivity index (χ0) is 21.1. The molecule has 0 radical (unpaired) electrons. The van der Waals surface area contributed by atoms with E-state index in [0.29, 0.717) is 23.0 Å². The SMILES string of the molecule is CCOC(=O)c1c(NC(=O)CNc2cccc(-n3nnnc3C)c2)sc2c1CCC2. The average Bonchev–Trinajstić information content (AvgIpc) is 3.42. The van der Waals surface area contributed by atoms with Gasteiger partial charge in [-0.1, -0.05) is 6.07 Å². The molecule has 156 valence electrons. The predicted molar refractivity (Wildman–Crippen MR) is 113 cm³/mol. The minimum Gasteiger partial charge on any atom is -0.462 e. The van der Waals surface area contributed by atoms with Gasteiger partial charge in [0.25, 0.3) is 0 Å². The van der Waals surface area contributed by atoms with Gasteiger partial charge in [0, 0.05) is 10.6 Å². The Bertz CT molecular complexity index is 1090. The first kappa shape index (κ1) is 20.0. The molecule has 0 aliphatic heterocycles. The van der Waals surface area contributed by atoms with Gasteiger partial charge >= 0.3 is 5.97 Å². The molecule has 0 saturated heterocycles. The Morgan fingerprint density at radius 3 is 2.93 bits per heavy atom. The minimum atomic E-state index is -0.371. The topological polar surface area (TPSA) is 111 Å². The molecule has 30 heavy (non-hydrogen) atoms. The van der Waals surface area contributed by atoms with E-state index in [1.54, 1.807) is 11.6 Å². The number of rotatable bonds is 7. The van der Waals surface area contributed by atoms with Crippen molar-refractivity contribution in [2.75, 3.05) is 23.8 Å². The van der Waals surface area contributed by atoms with Gasteiger partial charge in [-0.2, -0.15) is 4.68 Å². The standard InChI is InChI=1S/C20H22N6O3S/c1-3-29-20(28)18-15-8-5-9-16(15)30-19(18)22-17(27)11-21-13-6-4-7-14(10-13)26-12(2)23-24-25-26/h4,6-7,10,21H,3,5,8-9,11H2,1-2H3,(H,22,27). The van der Waals surface area contributed by atoms with Gasteiger partial charge in [-0.3, -0.25) is 4.79 Å². The van der Waals surface area contributed by atoms with Crippen molar-refractivity contribution in [1.29, 1.82) is 0 Å². The van der Waals surface area contributed by atoms with Crippen molar-refractivity contribution in [2.45, 2.75) is 33.1 Å². The molecule has 0 bridgehead atoms. The lowest BCUT2D eigenvalue weighted by molar-refractivity contribution is -0.114. The van der Waals surface area contributed by atoms with Crippen LogP contribution in [0.15, 0.2) is 24.3 Å². The smallest absolute Gasteiger partial charge is 0.341 e. The molecule has 0 unspecified atom stereocenters. The summed E-state index contributed by atoms with van der Waals surface area (Å²) in [6.45, 7) is 3.95. The number of amides is 1. The van der Waals surface area contributed by atoms with Crippen LogP contribution in [0.2, 0.25) is 0 Å². The van der Waals surface area contributed by atoms with Crippen LogP contribution < -0.4 is 10.6 Å². The molecule has 0 atom stereocenters. The van der Waals surface area contributed by atoms with E-state index >= 15 is 0 Å². The molecule has 1 aliphatic rings. The number of aromatic nitrogens is 4. The van der Waals surface area contributed by atoms with Crippen LogP contribution in [0.5, 0.6) is 0 Å². The Morgan fingerprint density at radius 1 is 1.30 bits per heavy atom. The summed E-state index contributed by atoms with van der Waals surface area (Å²) in [5.74, 6) is 0.0660. The monoisotopic (exact) mass is 426 g/mol. The van der Waals surface area contributed by atoms with E-state index in [4.69, 9.17) is 4.74 Å². The largest absolute Gasteiger partial charge is 0.462 e. The number of carbonyl (C=O) groups excluding carboxylic acids is 2. The molecule has 1 aromatic carbocycles. The average molecular weight is 427 g/mol. The zero-order valence-electron chi connectivity index (χ0n) is 16.8. The molecule has 1 aliphatic carbocycles. The van der Waals surface area contributed by atoms with Crippen molar-refractivity contribution < 1.29 is 14.3 Å². The second kappa shape index (κ2) is 8.62. The van der Waals surface area contributed by atoms with Gasteiger partial charge in [0.1, 0.15) is 5.00 Å². The van der Waals surface area contributed by atoms with Crippen molar-refractivity contribution in [3.05, 3.63) is 46.1 Å². The van der Waals surface area contributed by atoms with Crippen molar-refractivity contribution in [3.63, 3.8) is 0 Å². The molecule has 1 amide bonds. The van der Waals surface area contributed by atoms with E-state index in [1.165, 1.54) is 11.3 Å². The molecule has 2 aromatic heterocycles. The van der Waals surface area contributed by atoms with E-state index in [1.807, 2.05) is 31.2 Å². The van der Waals surface area contributed by atoms with Gasteiger partial charge in [-0.15, -0.1) is 16.4 Å². The minimum absolute atomic E-state index is 0.0584. The summed E-state index contributed by atoms with van der Waals surface area (Å²) in [6.07, 6.45) is 2.81. The third kappa shape index (κ3) is 4.04. The van der Waals surface area contributed by atoms with Gasteiger partial charge in [0.15, 0.2) is 5.82 Å². The number of esters is 1. The number of aryl methyl sites for hydroxylation is 2. The number of hydrogen-bond donors (Lipinski definition) is 2. The third-order valence-electron chi connectivity index (χ3n) is 4.82. The first-order chi connectivity index (χ1) is 14.6. The van der Waals surface area contributed by atoms with Crippen LogP contribution in [0.25, 0.3) is 5.69 Å². The number of nitrogens with one attached hydrogen (secondary N) is 2. The maximum atomic E-state index is 12.6. The van der Waals surface area contributed by atoms with Crippen molar-refractivity contribution in [2.24, 2.45) is 0 Å². The highest BCUT2D eigenvalue weighted by atomic mass is 32.1. The van der Waals surface area contributed by atoms with Gasteiger partial charge in [0.05, 0.1) is 24.4 Å². The van der Waals surface area contributed by atoms with Gasteiger partial charge in [0.2, 0.25) is 5.91 Å². The molecule has 0 saturated carbocycles. The summed E-state index contributed by atoms with van der Waals surface area (Å²) in [5.41, 5.74) is 3.09. The Hall–Kier alpha value is -3.27. The predicted octanol–water partition coefficient (Wildman–Crippen LogP) is 2.75. The Kier molecular flexibility index (Phi) is 5.75. The van der Waals surface area contributed by atoms with Gasteiger partial charge in [-0.05, 0) is 67.3 Å². The Balaban J connectivity index is 1.44. The summed E-state index contributed by atoms with van der Waals surface area (Å²) >= 11 is 1.47. The van der Waals surface area contributed by atoms with Crippen LogP contribution in [0.4, 0.5) is 10.7 Å². The van der Waals surface area contributed by atoms with E-state index in [9.17, 15) is 9.59 Å². The van der Waals surface area contributed by atoms with Gasteiger partial charge < -0.3 is 15.4 Å². The molecule has 9 nitrogen and oxygen atoms in total. The summed E-state index contributed by atoms with van der Waals surface area (Å²) in [6, 6.07) is 7.47. The molecule has 3 aromatic rings. The van der Waals surface area contributed by atoms with Crippen LogP contribution in [-0.2, 0) is 22.4 Å². The number of hydrogen-bond acceptors (Lipinski definition) is 8. The Morgan fingerprint density at radius 2 is 2.17 bits per heavy atom. The van der Waals surface area contributed by atoms with E-state index in [-0.39, 0.29) is 18.4 Å². The molecule has 10 heteroatoms.